The van der Waals surface area contributed by atoms with E-state index in [0.29, 0.717) is 6.42 Å². The van der Waals surface area contributed by atoms with Crippen molar-refractivity contribution in [2.45, 2.75) is 40.2 Å². The summed E-state index contributed by atoms with van der Waals surface area (Å²) in [6, 6.07) is 5.04. The van der Waals surface area contributed by atoms with Gasteiger partial charge in [0.25, 0.3) is 5.69 Å². The Kier molecular flexibility index (Phi) is 3.88. The summed E-state index contributed by atoms with van der Waals surface area (Å²) in [6.45, 7) is 8.02. The van der Waals surface area contributed by atoms with Gasteiger partial charge >= 0.3 is 0 Å². The minimum absolute atomic E-state index is 0.0594. The van der Waals surface area contributed by atoms with E-state index in [1.807, 2.05) is 33.8 Å². The van der Waals surface area contributed by atoms with E-state index < -0.39 is 0 Å². The topological polar surface area (TPSA) is 69.2 Å². The van der Waals surface area contributed by atoms with Crippen LogP contribution < -0.4 is 5.73 Å². The molecule has 1 rings (SSSR count). The third-order valence-corrected chi connectivity index (χ3v) is 3.12. The standard InChI is InChI=1S/C13H20N2O2/c1-9-6-5-7-11(15(16)17)10(9)8-12(14)13(2,3)4/h5-7,12H,8,14H2,1-4H3. The lowest BCUT2D eigenvalue weighted by molar-refractivity contribution is -0.385. The predicted molar refractivity (Wildman–Crippen MR) is 69.0 cm³/mol. The molecule has 0 aliphatic carbocycles. The molecular weight excluding hydrogens is 216 g/mol. The first-order valence-corrected chi connectivity index (χ1v) is 5.72. The maximum absolute atomic E-state index is 11.0. The van der Waals surface area contributed by atoms with Gasteiger partial charge in [-0.3, -0.25) is 10.1 Å². The van der Waals surface area contributed by atoms with Gasteiger partial charge in [-0.05, 0) is 24.3 Å². The fraction of sp³-hybridized carbons (Fsp3) is 0.538. The Hall–Kier alpha value is -1.42. The van der Waals surface area contributed by atoms with E-state index in [2.05, 4.69) is 0 Å². The number of benzene rings is 1. The monoisotopic (exact) mass is 236 g/mol. The second kappa shape index (κ2) is 4.84. The zero-order valence-corrected chi connectivity index (χ0v) is 10.9. The zero-order valence-electron chi connectivity index (χ0n) is 10.9. The van der Waals surface area contributed by atoms with Gasteiger partial charge in [0.2, 0.25) is 0 Å². The fourth-order valence-corrected chi connectivity index (χ4v) is 1.65. The van der Waals surface area contributed by atoms with E-state index in [9.17, 15) is 10.1 Å². The summed E-state index contributed by atoms with van der Waals surface area (Å²) in [6.07, 6.45) is 0.534. The molecule has 0 heterocycles. The average molecular weight is 236 g/mol. The molecule has 1 aromatic carbocycles. The number of aryl methyl sites for hydroxylation is 1. The van der Waals surface area contributed by atoms with Crippen molar-refractivity contribution in [1.29, 1.82) is 0 Å². The van der Waals surface area contributed by atoms with E-state index in [-0.39, 0.29) is 22.1 Å². The fourth-order valence-electron chi connectivity index (χ4n) is 1.65. The van der Waals surface area contributed by atoms with Gasteiger partial charge in [-0.15, -0.1) is 0 Å². The highest BCUT2D eigenvalue weighted by Gasteiger charge is 2.25. The third kappa shape index (κ3) is 3.27. The molecular formula is C13H20N2O2. The highest BCUT2D eigenvalue weighted by atomic mass is 16.6. The summed E-state index contributed by atoms with van der Waals surface area (Å²) in [5, 5.41) is 11.0. The molecule has 1 unspecified atom stereocenters. The lowest BCUT2D eigenvalue weighted by Gasteiger charge is -2.27. The largest absolute Gasteiger partial charge is 0.327 e. The number of hydrogen-bond donors (Lipinski definition) is 1. The van der Waals surface area contributed by atoms with Gasteiger partial charge in [-0.2, -0.15) is 0 Å². The maximum Gasteiger partial charge on any atom is 0.272 e. The van der Waals surface area contributed by atoms with E-state index in [1.54, 1.807) is 6.07 Å². The molecule has 0 bridgehead atoms. The van der Waals surface area contributed by atoms with E-state index in [4.69, 9.17) is 5.73 Å². The molecule has 0 fully saturated rings. The first-order chi connectivity index (χ1) is 7.73. The summed E-state index contributed by atoms with van der Waals surface area (Å²) < 4.78 is 0. The Morgan fingerprint density at radius 2 is 2.00 bits per heavy atom. The minimum atomic E-state index is -0.336. The van der Waals surface area contributed by atoms with Crippen molar-refractivity contribution in [1.82, 2.24) is 0 Å². The van der Waals surface area contributed by atoms with Crippen LogP contribution in [0.2, 0.25) is 0 Å². The van der Waals surface area contributed by atoms with Crippen LogP contribution in [-0.4, -0.2) is 11.0 Å². The van der Waals surface area contributed by atoms with Crippen LogP contribution in [0.25, 0.3) is 0 Å². The van der Waals surface area contributed by atoms with Crippen LogP contribution in [0.1, 0.15) is 31.9 Å². The van der Waals surface area contributed by atoms with Crippen LogP contribution in [0.5, 0.6) is 0 Å². The molecule has 17 heavy (non-hydrogen) atoms. The number of hydrogen-bond acceptors (Lipinski definition) is 3. The molecule has 0 spiro atoms. The number of nitrogens with two attached hydrogens (primary N) is 1. The van der Waals surface area contributed by atoms with Crippen LogP contribution in [0.4, 0.5) is 5.69 Å². The highest BCUT2D eigenvalue weighted by Crippen LogP contribution is 2.27. The lowest BCUT2D eigenvalue weighted by Crippen LogP contribution is -2.37. The Bertz CT molecular complexity index is 422. The van der Waals surface area contributed by atoms with Crippen LogP contribution in [0, 0.1) is 22.5 Å². The highest BCUT2D eigenvalue weighted by molar-refractivity contribution is 5.45. The van der Waals surface area contributed by atoms with Gasteiger partial charge in [0.05, 0.1) is 4.92 Å². The van der Waals surface area contributed by atoms with Crippen LogP contribution in [0.15, 0.2) is 18.2 Å². The van der Waals surface area contributed by atoms with E-state index >= 15 is 0 Å². The van der Waals surface area contributed by atoms with Crippen LogP contribution in [-0.2, 0) is 6.42 Å². The molecule has 94 valence electrons. The van der Waals surface area contributed by atoms with Gasteiger partial charge < -0.3 is 5.73 Å². The number of nitro groups is 1. The van der Waals surface area contributed by atoms with Gasteiger partial charge in [-0.25, -0.2) is 0 Å². The van der Waals surface area contributed by atoms with E-state index in [1.165, 1.54) is 6.07 Å². The van der Waals surface area contributed by atoms with Gasteiger partial charge in [0, 0.05) is 17.7 Å². The zero-order chi connectivity index (χ0) is 13.2. The number of rotatable bonds is 3. The van der Waals surface area contributed by atoms with Gasteiger partial charge in [-0.1, -0.05) is 32.9 Å². The summed E-state index contributed by atoms with van der Waals surface area (Å²) in [7, 11) is 0. The van der Waals surface area contributed by atoms with Crippen molar-refractivity contribution in [2.75, 3.05) is 0 Å². The Labute approximate surface area is 102 Å². The van der Waals surface area contributed by atoms with E-state index in [0.717, 1.165) is 11.1 Å². The van der Waals surface area contributed by atoms with Crippen molar-refractivity contribution in [3.63, 3.8) is 0 Å². The van der Waals surface area contributed by atoms with Crippen molar-refractivity contribution in [3.05, 3.63) is 39.4 Å². The third-order valence-electron chi connectivity index (χ3n) is 3.12. The van der Waals surface area contributed by atoms with Crippen molar-refractivity contribution >= 4 is 5.69 Å². The molecule has 1 atom stereocenters. The molecule has 1 aromatic rings. The van der Waals surface area contributed by atoms with Crippen molar-refractivity contribution in [3.8, 4) is 0 Å². The van der Waals surface area contributed by atoms with Crippen LogP contribution >= 0.6 is 0 Å². The maximum atomic E-state index is 11.0. The lowest BCUT2D eigenvalue weighted by atomic mass is 9.82. The Morgan fingerprint density at radius 3 is 2.47 bits per heavy atom. The second-order valence-corrected chi connectivity index (χ2v) is 5.51. The smallest absolute Gasteiger partial charge is 0.272 e. The van der Waals surface area contributed by atoms with Crippen molar-refractivity contribution < 1.29 is 4.92 Å². The summed E-state index contributed by atoms with van der Waals surface area (Å²) in [4.78, 5) is 10.6. The molecule has 0 amide bonds. The molecule has 4 nitrogen and oxygen atoms in total. The van der Waals surface area contributed by atoms with Gasteiger partial charge in [0.15, 0.2) is 0 Å². The van der Waals surface area contributed by atoms with Gasteiger partial charge in [0.1, 0.15) is 0 Å². The quantitative estimate of drug-likeness (QED) is 0.648. The second-order valence-electron chi connectivity index (χ2n) is 5.51. The molecule has 0 saturated heterocycles. The molecule has 4 heteroatoms. The molecule has 0 aliphatic rings. The van der Waals surface area contributed by atoms with Crippen molar-refractivity contribution in [2.24, 2.45) is 11.1 Å². The Morgan fingerprint density at radius 1 is 1.41 bits per heavy atom. The SMILES string of the molecule is Cc1cccc([N+](=O)[O-])c1CC(N)C(C)(C)C. The van der Waals surface area contributed by atoms with Crippen LogP contribution in [0.3, 0.4) is 0 Å². The normalized spacial score (nSPS) is 13.5. The molecule has 0 radical (unpaired) electrons. The average Bonchev–Trinajstić information content (AvgIpc) is 2.18. The first kappa shape index (κ1) is 13.6. The summed E-state index contributed by atoms with van der Waals surface area (Å²) in [5.74, 6) is 0. The predicted octanol–water partition coefficient (Wildman–Crippen LogP) is 2.82. The molecule has 0 aliphatic heterocycles. The minimum Gasteiger partial charge on any atom is -0.327 e. The molecule has 0 aromatic heterocycles. The Balaban J connectivity index is 3.09. The summed E-state index contributed by atoms with van der Waals surface area (Å²) in [5.41, 5.74) is 7.89. The first-order valence-electron chi connectivity index (χ1n) is 5.72. The summed E-state index contributed by atoms with van der Waals surface area (Å²) >= 11 is 0. The number of nitro benzene ring substituents is 1. The molecule has 0 saturated carbocycles. The number of nitrogens with zero attached hydrogens (tertiary/aromatic N) is 1. The molecule has 2 N–H and O–H groups in total.